The van der Waals surface area contributed by atoms with Crippen molar-refractivity contribution in [3.05, 3.63) is 30.7 Å². The molecule has 0 bridgehead atoms. The number of hydrogen-bond donors (Lipinski definition) is 2. The third-order valence-electron chi connectivity index (χ3n) is 3.86. The van der Waals surface area contributed by atoms with Crippen LogP contribution in [-0.2, 0) is 17.4 Å². The molecule has 0 radical (unpaired) electrons. The van der Waals surface area contributed by atoms with E-state index in [0.29, 0.717) is 5.82 Å². The third-order valence-corrected chi connectivity index (χ3v) is 3.86. The lowest BCUT2D eigenvalue weighted by Gasteiger charge is -2.36. The van der Waals surface area contributed by atoms with E-state index in [0.717, 1.165) is 25.9 Å². The van der Waals surface area contributed by atoms with Gasteiger partial charge in [0.1, 0.15) is 11.4 Å². The Morgan fingerprint density at radius 3 is 2.67 bits per heavy atom. The van der Waals surface area contributed by atoms with Gasteiger partial charge in [-0.05, 0) is 32.0 Å². The molecule has 7 nitrogen and oxygen atoms in total. The van der Waals surface area contributed by atoms with Gasteiger partial charge in [-0.1, -0.05) is 0 Å². The first-order chi connectivity index (χ1) is 9.72. The van der Waals surface area contributed by atoms with Gasteiger partial charge in [0.2, 0.25) is 0 Å². The van der Waals surface area contributed by atoms with Crippen LogP contribution >= 0.6 is 12.4 Å². The van der Waals surface area contributed by atoms with Crippen molar-refractivity contribution in [2.45, 2.75) is 18.4 Å². The van der Waals surface area contributed by atoms with E-state index in [9.17, 15) is 4.79 Å². The van der Waals surface area contributed by atoms with Gasteiger partial charge >= 0.3 is 0 Å². The second-order valence-electron chi connectivity index (χ2n) is 5.03. The average molecular weight is 311 g/mol. The Hall–Kier alpha value is -1.86. The Kier molecular flexibility index (Phi) is 4.64. The molecule has 0 aliphatic carbocycles. The molecule has 1 fully saturated rings. The normalized spacial score (nSPS) is 17.0. The van der Waals surface area contributed by atoms with Crippen LogP contribution in [0.3, 0.4) is 0 Å². The SMILES string of the molecule is Cl.Cn1nccc1NC(=O)C1(n2cccn2)CCNCC1. The van der Waals surface area contributed by atoms with E-state index >= 15 is 0 Å². The van der Waals surface area contributed by atoms with Crippen molar-refractivity contribution in [2.24, 2.45) is 7.05 Å². The summed E-state index contributed by atoms with van der Waals surface area (Å²) < 4.78 is 3.43. The molecule has 1 aliphatic rings. The molecule has 1 amide bonds. The molecule has 1 saturated heterocycles. The first-order valence-corrected chi connectivity index (χ1v) is 6.73. The summed E-state index contributed by atoms with van der Waals surface area (Å²) in [7, 11) is 1.80. The van der Waals surface area contributed by atoms with Gasteiger partial charge in [0, 0.05) is 25.5 Å². The molecule has 0 saturated carbocycles. The Balaban J connectivity index is 0.00000161. The Morgan fingerprint density at radius 1 is 1.33 bits per heavy atom. The number of nitrogens with zero attached hydrogens (tertiary/aromatic N) is 4. The Labute approximate surface area is 129 Å². The molecule has 2 N–H and O–H groups in total. The molecule has 0 aromatic carbocycles. The van der Waals surface area contributed by atoms with Gasteiger partial charge in [0.25, 0.3) is 5.91 Å². The summed E-state index contributed by atoms with van der Waals surface area (Å²) in [5.74, 6) is 0.659. The fourth-order valence-corrected chi connectivity index (χ4v) is 2.65. The predicted octanol–water partition coefficient (Wildman–Crippen LogP) is 0.756. The predicted molar refractivity (Wildman–Crippen MR) is 81.4 cm³/mol. The van der Waals surface area contributed by atoms with Crippen LogP contribution in [0.4, 0.5) is 5.82 Å². The molecule has 0 unspecified atom stereocenters. The lowest BCUT2D eigenvalue weighted by atomic mass is 9.87. The molecule has 114 valence electrons. The summed E-state index contributed by atoms with van der Waals surface area (Å²) in [4.78, 5) is 12.8. The van der Waals surface area contributed by atoms with Crippen molar-refractivity contribution in [1.82, 2.24) is 24.9 Å². The molecular weight excluding hydrogens is 292 g/mol. The zero-order valence-electron chi connectivity index (χ0n) is 11.8. The van der Waals surface area contributed by atoms with Gasteiger partial charge in [0.05, 0.1) is 6.20 Å². The lowest BCUT2D eigenvalue weighted by Crippen LogP contribution is -2.52. The Morgan fingerprint density at radius 2 is 2.10 bits per heavy atom. The van der Waals surface area contributed by atoms with E-state index in [2.05, 4.69) is 20.8 Å². The van der Waals surface area contributed by atoms with Crippen LogP contribution in [-0.4, -0.2) is 38.6 Å². The van der Waals surface area contributed by atoms with Crippen molar-refractivity contribution in [1.29, 1.82) is 0 Å². The third kappa shape index (κ3) is 2.79. The topological polar surface area (TPSA) is 76.8 Å². The van der Waals surface area contributed by atoms with Crippen LogP contribution < -0.4 is 10.6 Å². The molecular formula is C13H19ClN6O. The van der Waals surface area contributed by atoms with E-state index < -0.39 is 5.54 Å². The largest absolute Gasteiger partial charge is 0.317 e. The van der Waals surface area contributed by atoms with Crippen LogP contribution in [0.25, 0.3) is 0 Å². The summed E-state index contributed by atoms with van der Waals surface area (Å²) >= 11 is 0. The highest BCUT2D eigenvalue weighted by molar-refractivity contribution is 5.96. The lowest BCUT2D eigenvalue weighted by molar-refractivity contribution is -0.126. The summed E-state index contributed by atoms with van der Waals surface area (Å²) in [6.45, 7) is 1.61. The van der Waals surface area contributed by atoms with Crippen molar-refractivity contribution in [3.63, 3.8) is 0 Å². The fraction of sp³-hybridized carbons (Fsp3) is 0.462. The average Bonchev–Trinajstić information content (AvgIpc) is 3.12. The van der Waals surface area contributed by atoms with Crippen LogP contribution in [0.2, 0.25) is 0 Å². The number of anilines is 1. The number of rotatable bonds is 3. The molecule has 1 aliphatic heterocycles. The number of hydrogen-bond acceptors (Lipinski definition) is 4. The number of carbonyl (C=O) groups excluding carboxylic acids is 1. The van der Waals surface area contributed by atoms with Gasteiger partial charge < -0.3 is 10.6 Å². The van der Waals surface area contributed by atoms with Crippen molar-refractivity contribution in [3.8, 4) is 0 Å². The minimum absolute atomic E-state index is 0. The zero-order valence-corrected chi connectivity index (χ0v) is 12.6. The highest BCUT2D eigenvalue weighted by Gasteiger charge is 2.42. The summed E-state index contributed by atoms with van der Waals surface area (Å²) in [6, 6.07) is 3.64. The molecule has 21 heavy (non-hydrogen) atoms. The molecule has 2 aromatic heterocycles. The Bertz CT molecular complexity index is 588. The maximum absolute atomic E-state index is 12.8. The quantitative estimate of drug-likeness (QED) is 0.877. The van der Waals surface area contributed by atoms with Gasteiger partial charge in [-0.2, -0.15) is 10.2 Å². The van der Waals surface area contributed by atoms with Gasteiger partial charge in [-0.25, -0.2) is 0 Å². The highest BCUT2D eigenvalue weighted by atomic mass is 35.5. The van der Waals surface area contributed by atoms with Crippen molar-refractivity contribution >= 4 is 24.1 Å². The van der Waals surface area contributed by atoms with E-state index in [4.69, 9.17) is 0 Å². The van der Waals surface area contributed by atoms with E-state index in [1.165, 1.54) is 0 Å². The number of amides is 1. The number of aromatic nitrogens is 4. The van der Waals surface area contributed by atoms with Gasteiger partial charge in [0.15, 0.2) is 0 Å². The number of halogens is 1. The maximum Gasteiger partial charge on any atom is 0.253 e. The summed E-state index contributed by atoms with van der Waals surface area (Å²) in [6.07, 6.45) is 6.67. The van der Waals surface area contributed by atoms with E-state index in [-0.39, 0.29) is 18.3 Å². The van der Waals surface area contributed by atoms with Crippen LogP contribution in [0.15, 0.2) is 30.7 Å². The van der Waals surface area contributed by atoms with Crippen molar-refractivity contribution in [2.75, 3.05) is 18.4 Å². The first kappa shape index (κ1) is 15.5. The van der Waals surface area contributed by atoms with Crippen LogP contribution in [0.1, 0.15) is 12.8 Å². The highest BCUT2D eigenvalue weighted by Crippen LogP contribution is 2.28. The van der Waals surface area contributed by atoms with Crippen LogP contribution in [0, 0.1) is 0 Å². The van der Waals surface area contributed by atoms with E-state index in [1.807, 2.05) is 12.3 Å². The molecule has 3 rings (SSSR count). The second kappa shape index (κ2) is 6.28. The van der Waals surface area contributed by atoms with Gasteiger partial charge in [-0.15, -0.1) is 12.4 Å². The molecule has 3 heterocycles. The first-order valence-electron chi connectivity index (χ1n) is 6.73. The summed E-state index contributed by atoms with van der Waals surface area (Å²) in [5.41, 5.74) is -0.626. The van der Waals surface area contributed by atoms with E-state index in [1.54, 1.807) is 34.9 Å². The molecule has 8 heteroatoms. The number of nitrogens with one attached hydrogen (secondary N) is 2. The molecule has 0 atom stereocenters. The second-order valence-corrected chi connectivity index (χ2v) is 5.03. The van der Waals surface area contributed by atoms with Crippen LogP contribution in [0.5, 0.6) is 0 Å². The summed E-state index contributed by atoms with van der Waals surface area (Å²) in [5, 5.41) is 14.6. The smallest absolute Gasteiger partial charge is 0.253 e. The number of piperidine rings is 1. The molecule has 0 spiro atoms. The monoisotopic (exact) mass is 310 g/mol. The number of aryl methyl sites for hydroxylation is 1. The fourth-order valence-electron chi connectivity index (χ4n) is 2.65. The minimum atomic E-state index is -0.626. The standard InChI is InChI=1S/C13H18N6O.ClH/c1-18-11(3-7-15-18)17-12(20)13(4-8-14-9-5-13)19-10-2-6-16-19;/h2-3,6-7,10,14H,4-5,8-9H2,1H3,(H,17,20);1H. The van der Waals surface area contributed by atoms with Gasteiger partial charge in [-0.3, -0.25) is 14.2 Å². The number of carbonyl (C=O) groups is 1. The zero-order chi connectivity index (χ0) is 14.0. The van der Waals surface area contributed by atoms with Crippen molar-refractivity contribution < 1.29 is 4.79 Å². The maximum atomic E-state index is 12.8. The molecule has 2 aromatic rings. The minimum Gasteiger partial charge on any atom is -0.317 e.